The van der Waals surface area contributed by atoms with Gasteiger partial charge >= 0.3 is 0 Å². The van der Waals surface area contributed by atoms with Crippen LogP contribution in [0.25, 0.3) is 16.6 Å². The molecule has 4 aromatic heterocycles. The minimum atomic E-state index is -0.402. The Bertz CT molecular complexity index is 1390. The standard InChI is InChI=1S/C24H24N6O2/c31-22-7-20(29-21-3-1-2-4-30(21)22)23(32)27-13-17-6-19-16(11-26-17)5-18(28-19)12-25-14-24-8-15(9-24)10-24/h1-7,11,15,25,28H,8-10,12-14H2,(H,27,32). The summed E-state index contributed by atoms with van der Waals surface area (Å²) in [4.78, 5) is 36.9. The Kier molecular flexibility index (Phi) is 4.36. The van der Waals surface area contributed by atoms with Gasteiger partial charge in [0.05, 0.1) is 12.2 Å². The summed E-state index contributed by atoms with van der Waals surface area (Å²) in [7, 11) is 0. The number of H-pyrrole nitrogens is 1. The van der Waals surface area contributed by atoms with Crippen molar-refractivity contribution in [3.8, 4) is 0 Å². The molecule has 4 aromatic rings. The van der Waals surface area contributed by atoms with Crippen LogP contribution in [-0.4, -0.2) is 31.8 Å². The van der Waals surface area contributed by atoms with Gasteiger partial charge in [0.1, 0.15) is 11.3 Å². The van der Waals surface area contributed by atoms with Gasteiger partial charge in [-0.2, -0.15) is 0 Å². The van der Waals surface area contributed by atoms with Crippen molar-refractivity contribution in [2.45, 2.75) is 32.4 Å². The van der Waals surface area contributed by atoms with Crippen molar-refractivity contribution < 1.29 is 4.79 Å². The van der Waals surface area contributed by atoms with Crippen molar-refractivity contribution >= 4 is 22.5 Å². The summed E-state index contributed by atoms with van der Waals surface area (Å²) >= 11 is 0. The van der Waals surface area contributed by atoms with Crippen LogP contribution in [0.4, 0.5) is 0 Å². The number of aromatic amines is 1. The SMILES string of the molecule is O=C(NCc1cc2[nH]c(CNCC34CC(C3)C4)cc2cn1)c1cc(=O)n2ccccc2n1. The number of aromatic nitrogens is 4. The molecular formula is C24H24N6O2. The molecule has 0 radical (unpaired) electrons. The average Bonchev–Trinajstić information content (AvgIpc) is 3.15. The summed E-state index contributed by atoms with van der Waals surface area (Å²) in [5, 5.41) is 7.45. The number of hydrogen-bond acceptors (Lipinski definition) is 5. The summed E-state index contributed by atoms with van der Waals surface area (Å²) in [5.74, 6) is 0.605. The van der Waals surface area contributed by atoms with Gasteiger partial charge < -0.3 is 15.6 Å². The average molecular weight is 428 g/mol. The minimum absolute atomic E-state index is 0.0965. The fourth-order valence-electron chi connectivity index (χ4n) is 5.09. The van der Waals surface area contributed by atoms with E-state index in [0.717, 1.165) is 41.3 Å². The summed E-state index contributed by atoms with van der Waals surface area (Å²) < 4.78 is 1.40. The fourth-order valence-corrected chi connectivity index (χ4v) is 5.09. The maximum absolute atomic E-state index is 12.5. The lowest BCUT2D eigenvalue weighted by atomic mass is 9.44. The maximum Gasteiger partial charge on any atom is 0.270 e. The van der Waals surface area contributed by atoms with Gasteiger partial charge in [-0.15, -0.1) is 0 Å². The Morgan fingerprint density at radius 1 is 1.19 bits per heavy atom. The van der Waals surface area contributed by atoms with Gasteiger partial charge in [-0.25, -0.2) is 4.98 Å². The van der Waals surface area contributed by atoms with E-state index >= 15 is 0 Å². The van der Waals surface area contributed by atoms with Gasteiger partial charge in [-0.3, -0.25) is 19.0 Å². The lowest BCUT2D eigenvalue weighted by Crippen LogP contribution is -2.56. The van der Waals surface area contributed by atoms with Crippen molar-refractivity contribution in [3.63, 3.8) is 0 Å². The largest absolute Gasteiger partial charge is 0.357 e. The Labute approximate surface area is 184 Å². The third kappa shape index (κ3) is 3.36. The molecule has 2 bridgehead atoms. The lowest BCUT2D eigenvalue weighted by molar-refractivity contribution is -0.103. The van der Waals surface area contributed by atoms with E-state index in [1.165, 1.54) is 29.7 Å². The molecule has 7 rings (SSSR count). The van der Waals surface area contributed by atoms with Crippen LogP contribution in [0.5, 0.6) is 0 Å². The van der Waals surface area contributed by atoms with E-state index in [9.17, 15) is 9.59 Å². The van der Waals surface area contributed by atoms with Gasteiger partial charge in [0.2, 0.25) is 0 Å². The van der Waals surface area contributed by atoms with Crippen LogP contribution in [0.2, 0.25) is 0 Å². The molecule has 0 spiro atoms. The smallest absolute Gasteiger partial charge is 0.270 e. The van der Waals surface area contributed by atoms with Crippen LogP contribution in [-0.2, 0) is 13.1 Å². The number of carbonyl (C=O) groups is 1. The van der Waals surface area contributed by atoms with Gasteiger partial charge in [-0.05, 0) is 54.9 Å². The zero-order valence-electron chi connectivity index (χ0n) is 17.6. The van der Waals surface area contributed by atoms with Crippen molar-refractivity contribution in [1.82, 2.24) is 30.0 Å². The Morgan fingerprint density at radius 3 is 2.88 bits per heavy atom. The summed E-state index contributed by atoms with van der Waals surface area (Å²) in [6, 6.07) is 10.5. The minimum Gasteiger partial charge on any atom is -0.357 e. The normalized spacial score (nSPS) is 21.3. The first-order chi connectivity index (χ1) is 15.6. The second kappa shape index (κ2) is 7.27. The second-order valence-corrected chi connectivity index (χ2v) is 9.23. The quantitative estimate of drug-likeness (QED) is 0.419. The zero-order valence-corrected chi connectivity index (χ0v) is 17.6. The highest BCUT2D eigenvalue weighted by molar-refractivity contribution is 5.92. The van der Waals surface area contributed by atoms with Crippen LogP contribution in [0, 0.1) is 11.3 Å². The number of fused-ring (bicyclic) bond motifs is 2. The maximum atomic E-state index is 12.5. The van der Waals surface area contributed by atoms with E-state index in [4.69, 9.17) is 0 Å². The van der Waals surface area contributed by atoms with Crippen molar-refractivity contribution in [2.75, 3.05) is 6.54 Å². The second-order valence-electron chi connectivity index (χ2n) is 9.23. The first-order valence-electron chi connectivity index (χ1n) is 11.0. The molecule has 162 valence electrons. The van der Waals surface area contributed by atoms with Gasteiger partial charge in [0, 0.05) is 48.1 Å². The fraction of sp³-hybridized carbons (Fsp3) is 0.333. The summed E-state index contributed by atoms with van der Waals surface area (Å²) in [5.41, 5.74) is 3.70. The van der Waals surface area contributed by atoms with Gasteiger partial charge in [0.25, 0.3) is 11.5 Å². The summed E-state index contributed by atoms with van der Waals surface area (Å²) in [6.07, 6.45) is 7.64. The number of hydrogen-bond donors (Lipinski definition) is 3. The molecule has 0 unspecified atom stereocenters. The van der Waals surface area contributed by atoms with Crippen molar-refractivity contribution in [3.05, 3.63) is 76.2 Å². The Balaban J connectivity index is 1.10. The molecule has 1 amide bonds. The molecule has 3 fully saturated rings. The number of carbonyl (C=O) groups excluding carboxylic acids is 1. The predicted molar refractivity (Wildman–Crippen MR) is 120 cm³/mol. The molecule has 0 aromatic carbocycles. The molecule has 3 aliphatic rings. The van der Waals surface area contributed by atoms with Gasteiger partial charge in [-0.1, -0.05) is 6.07 Å². The van der Waals surface area contributed by atoms with E-state index in [1.807, 2.05) is 12.3 Å². The monoisotopic (exact) mass is 428 g/mol. The summed E-state index contributed by atoms with van der Waals surface area (Å²) in [6.45, 7) is 2.16. The van der Waals surface area contributed by atoms with Crippen LogP contribution >= 0.6 is 0 Å². The number of nitrogens with zero attached hydrogens (tertiary/aromatic N) is 3. The number of amides is 1. The molecule has 3 N–H and O–H groups in total. The van der Waals surface area contributed by atoms with Crippen LogP contribution < -0.4 is 16.2 Å². The Morgan fingerprint density at radius 2 is 2.06 bits per heavy atom. The van der Waals surface area contributed by atoms with E-state index in [0.29, 0.717) is 11.1 Å². The highest BCUT2D eigenvalue weighted by Crippen LogP contribution is 2.63. The first kappa shape index (κ1) is 19.2. The molecule has 3 aliphatic carbocycles. The number of rotatable bonds is 7. The number of nitrogens with one attached hydrogen (secondary N) is 3. The topological polar surface area (TPSA) is 104 Å². The molecule has 0 aliphatic heterocycles. The van der Waals surface area contributed by atoms with E-state index in [1.54, 1.807) is 24.4 Å². The van der Waals surface area contributed by atoms with E-state index < -0.39 is 5.91 Å². The third-order valence-corrected chi connectivity index (χ3v) is 6.83. The van der Waals surface area contributed by atoms with E-state index in [-0.39, 0.29) is 17.8 Å². The van der Waals surface area contributed by atoms with Crippen molar-refractivity contribution in [2.24, 2.45) is 11.3 Å². The lowest BCUT2D eigenvalue weighted by Gasteiger charge is -2.62. The molecule has 4 heterocycles. The predicted octanol–water partition coefficient (Wildman–Crippen LogP) is 2.39. The highest BCUT2D eigenvalue weighted by atomic mass is 16.2. The van der Waals surface area contributed by atoms with Gasteiger partial charge in [0.15, 0.2) is 0 Å². The van der Waals surface area contributed by atoms with E-state index in [2.05, 4.69) is 31.7 Å². The molecule has 0 atom stereocenters. The molecule has 32 heavy (non-hydrogen) atoms. The van der Waals surface area contributed by atoms with Crippen LogP contribution in [0.15, 0.2) is 53.6 Å². The first-order valence-corrected chi connectivity index (χ1v) is 11.0. The van der Waals surface area contributed by atoms with Crippen LogP contribution in [0.1, 0.15) is 41.1 Å². The Hall–Kier alpha value is -3.52. The molecule has 8 heteroatoms. The zero-order chi connectivity index (χ0) is 21.7. The van der Waals surface area contributed by atoms with Crippen molar-refractivity contribution in [1.29, 1.82) is 0 Å². The highest BCUT2D eigenvalue weighted by Gasteiger charge is 2.55. The molecule has 3 saturated carbocycles. The molecule has 0 saturated heterocycles. The molecular weight excluding hydrogens is 404 g/mol. The van der Waals surface area contributed by atoms with Crippen LogP contribution in [0.3, 0.4) is 0 Å². The molecule has 8 nitrogen and oxygen atoms in total. The third-order valence-electron chi connectivity index (χ3n) is 6.83. The number of pyridine rings is 2.